The van der Waals surface area contributed by atoms with Crippen LogP contribution in [0.5, 0.6) is 0 Å². The first-order valence-electron chi connectivity index (χ1n) is 4.80. The molecule has 0 saturated heterocycles. The Morgan fingerprint density at radius 1 is 1.53 bits per heavy atom. The molecule has 0 aromatic carbocycles. The van der Waals surface area contributed by atoms with Crippen molar-refractivity contribution in [2.75, 3.05) is 4.72 Å². The number of aromatic nitrogens is 4. The molecule has 2 aromatic heterocycles. The highest BCUT2D eigenvalue weighted by Crippen LogP contribution is 2.18. The number of nitrogens with two attached hydrogens (primary N) is 1. The van der Waals surface area contributed by atoms with Crippen molar-refractivity contribution in [3.63, 3.8) is 0 Å². The van der Waals surface area contributed by atoms with E-state index in [1.807, 2.05) is 0 Å². The van der Waals surface area contributed by atoms with Gasteiger partial charge in [0, 0.05) is 24.0 Å². The maximum absolute atomic E-state index is 12.0. The van der Waals surface area contributed by atoms with Gasteiger partial charge in [0.1, 0.15) is 0 Å². The zero-order chi connectivity index (χ0) is 12.5. The van der Waals surface area contributed by atoms with Crippen molar-refractivity contribution in [2.45, 2.75) is 18.5 Å². The molecule has 0 saturated carbocycles. The summed E-state index contributed by atoms with van der Waals surface area (Å²) in [5.41, 5.74) is 6.95. The molecule has 0 unspecified atom stereocenters. The summed E-state index contributed by atoms with van der Waals surface area (Å²) < 4.78 is 26.3. The molecular weight excluding hydrogens is 244 g/mol. The lowest BCUT2D eigenvalue weighted by Gasteiger charge is -2.04. The fourth-order valence-corrected chi connectivity index (χ4v) is 2.65. The number of hydrogen-bond acceptors (Lipinski definition) is 5. The Morgan fingerprint density at radius 2 is 2.29 bits per heavy atom. The first-order valence-corrected chi connectivity index (χ1v) is 6.28. The van der Waals surface area contributed by atoms with Gasteiger partial charge >= 0.3 is 0 Å². The van der Waals surface area contributed by atoms with Crippen LogP contribution in [-0.2, 0) is 16.6 Å². The van der Waals surface area contributed by atoms with E-state index in [2.05, 4.69) is 25.1 Å². The van der Waals surface area contributed by atoms with E-state index in [-0.39, 0.29) is 11.6 Å². The predicted molar refractivity (Wildman–Crippen MR) is 60.6 cm³/mol. The van der Waals surface area contributed by atoms with Crippen molar-refractivity contribution in [2.24, 2.45) is 5.73 Å². The molecule has 0 aliphatic carbocycles. The van der Waals surface area contributed by atoms with Crippen molar-refractivity contribution in [1.82, 2.24) is 20.4 Å². The van der Waals surface area contributed by atoms with E-state index < -0.39 is 10.0 Å². The van der Waals surface area contributed by atoms with Crippen molar-refractivity contribution in [1.29, 1.82) is 0 Å². The van der Waals surface area contributed by atoms with Crippen LogP contribution in [0.1, 0.15) is 11.3 Å². The number of aryl methyl sites for hydroxylation is 1. The van der Waals surface area contributed by atoms with Gasteiger partial charge in [0.15, 0.2) is 0 Å². The lowest BCUT2D eigenvalue weighted by molar-refractivity contribution is 0.596. The van der Waals surface area contributed by atoms with E-state index >= 15 is 0 Å². The molecule has 0 atom stereocenters. The second kappa shape index (κ2) is 4.18. The topological polar surface area (TPSA) is 130 Å². The van der Waals surface area contributed by atoms with Crippen LogP contribution >= 0.6 is 0 Å². The molecule has 0 aliphatic rings. The molecule has 5 N–H and O–H groups in total. The third-order valence-electron chi connectivity index (χ3n) is 2.25. The Hall–Kier alpha value is -1.87. The van der Waals surface area contributed by atoms with Gasteiger partial charge in [0.25, 0.3) is 10.0 Å². The minimum Gasteiger partial charge on any atom is -0.326 e. The van der Waals surface area contributed by atoms with Gasteiger partial charge < -0.3 is 5.73 Å². The van der Waals surface area contributed by atoms with E-state index in [9.17, 15) is 8.42 Å². The van der Waals surface area contributed by atoms with Crippen LogP contribution in [0, 0.1) is 6.92 Å². The maximum Gasteiger partial charge on any atom is 0.281 e. The lowest BCUT2D eigenvalue weighted by atomic mass is 10.3. The van der Waals surface area contributed by atoms with Crippen LogP contribution in [0.3, 0.4) is 0 Å². The minimum absolute atomic E-state index is 0.0845. The number of sulfonamides is 1. The summed E-state index contributed by atoms with van der Waals surface area (Å²) in [5.74, 6) is 0. The largest absolute Gasteiger partial charge is 0.326 e. The highest BCUT2D eigenvalue weighted by atomic mass is 32.2. The monoisotopic (exact) mass is 256 g/mol. The predicted octanol–water partition coefficient (Wildman–Crippen LogP) is -0.299. The average molecular weight is 256 g/mol. The van der Waals surface area contributed by atoms with Gasteiger partial charge in [-0.3, -0.25) is 14.9 Å². The summed E-state index contributed by atoms with van der Waals surface area (Å²) >= 11 is 0. The van der Waals surface area contributed by atoms with Gasteiger partial charge in [0.05, 0.1) is 11.9 Å². The van der Waals surface area contributed by atoms with Crippen LogP contribution < -0.4 is 10.5 Å². The summed E-state index contributed by atoms with van der Waals surface area (Å²) in [5, 5.41) is 12.4. The molecular formula is C8H12N6O2S. The molecule has 2 rings (SSSR count). The fraction of sp³-hybridized carbons (Fsp3) is 0.250. The number of H-pyrrole nitrogens is 2. The van der Waals surface area contributed by atoms with Crippen LogP contribution in [0.4, 0.5) is 5.69 Å². The quantitative estimate of drug-likeness (QED) is 0.596. The second-order valence-electron chi connectivity index (χ2n) is 3.43. The second-order valence-corrected chi connectivity index (χ2v) is 5.03. The smallest absolute Gasteiger partial charge is 0.281 e. The van der Waals surface area contributed by atoms with Crippen LogP contribution in [0.25, 0.3) is 0 Å². The molecule has 0 amide bonds. The summed E-state index contributed by atoms with van der Waals surface area (Å²) in [6, 6.07) is 0. The summed E-state index contributed by atoms with van der Waals surface area (Å²) in [6.07, 6.45) is 2.79. The first kappa shape index (κ1) is 11.6. The van der Waals surface area contributed by atoms with Crippen molar-refractivity contribution in [3.05, 3.63) is 23.7 Å². The van der Waals surface area contributed by atoms with Gasteiger partial charge in [-0.25, -0.2) is 0 Å². The molecule has 8 nitrogen and oxygen atoms in total. The Labute approximate surface area is 97.7 Å². The minimum atomic E-state index is -3.74. The zero-order valence-electron chi connectivity index (χ0n) is 9.06. The molecule has 2 aromatic rings. The van der Waals surface area contributed by atoms with Gasteiger partial charge in [0.2, 0.25) is 5.03 Å². The molecule has 0 aliphatic heterocycles. The van der Waals surface area contributed by atoms with E-state index in [1.165, 1.54) is 12.4 Å². The number of hydrogen-bond donors (Lipinski definition) is 4. The zero-order valence-corrected chi connectivity index (χ0v) is 9.87. The molecule has 9 heteroatoms. The third-order valence-corrected chi connectivity index (χ3v) is 3.60. The SMILES string of the molecule is Cc1[nH]nc(S(=O)(=O)Nc2cn[nH]c2)c1CN. The number of nitrogens with one attached hydrogen (secondary N) is 3. The van der Waals surface area contributed by atoms with Gasteiger partial charge in [-0.2, -0.15) is 18.6 Å². The van der Waals surface area contributed by atoms with Crippen LogP contribution in [0.15, 0.2) is 17.4 Å². The van der Waals surface area contributed by atoms with E-state index in [1.54, 1.807) is 6.92 Å². The van der Waals surface area contributed by atoms with Crippen molar-refractivity contribution < 1.29 is 8.42 Å². The van der Waals surface area contributed by atoms with Gasteiger partial charge in [-0.05, 0) is 6.92 Å². The highest BCUT2D eigenvalue weighted by molar-refractivity contribution is 7.92. The number of anilines is 1. The fourth-order valence-electron chi connectivity index (χ4n) is 1.40. The van der Waals surface area contributed by atoms with Crippen molar-refractivity contribution in [3.8, 4) is 0 Å². The van der Waals surface area contributed by atoms with Crippen molar-refractivity contribution >= 4 is 15.7 Å². The Balaban J connectivity index is 2.38. The van der Waals surface area contributed by atoms with Crippen LogP contribution in [-0.4, -0.2) is 28.8 Å². The molecule has 92 valence electrons. The number of aromatic amines is 2. The van der Waals surface area contributed by atoms with Crippen LogP contribution in [0.2, 0.25) is 0 Å². The Bertz CT molecular complexity index is 600. The first-order chi connectivity index (χ1) is 8.04. The standard InChI is InChI=1S/C8H12N6O2S/c1-5-7(2-9)8(13-12-5)17(15,16)14-6-3-10-11-4-6/h3-4,14H,2,9H2,1H3,(H,10,11)(H,12,13). The van der Waals surface area contributed by atoms with Gasteiger partial charge in [-0.15, -0.1) is 0 Å². The number of nitrogens with zero attached hydrogens (tertiary/aromatic N) is 2. The normalized spacial score (nSPS) is 11.6. The summed E-state index contributed by atoms with van der Waals surface area (Å²) in [6.45, 7) is 1.82. The Kier molecular flexibility index (Phi) is 2.86. The summed E-state index contributed by atoms with van der Waals surface area (Å²) in [4.78, 5) is 0. The highest BCUT2D eigenvalue weighted by Gasteiger charge is 2.23. The maximum atomic E-state index is 12.0. The molecule has 0 radical (unpaired) electrons. The Morgan fingerprint density at radius 3 is 2.88 bits per heavy atom. The van der Waals surface area contributed by atoms with E-state index in [0.717, 1.165) is 0 Å². The molecule has 0 bridgehead atoms. The van der Waals surface area contributed by atoms with Gasteiger partial charge in [-0.1, -0.05) is 0 Å². The molecule has 17 heavy (non-hydrogen) atoms. The molecule has 0 fully saturated rings. The third kappa shape index (κ3) is 2.15. The van der Waals surface area contributed by atoms with E-state index in [0.29, 0.717) is 16.9 Å². The number of rotatable bonds is 4. The summed E-state index contributed by atoms with van der Waals surface area (Å²) in [7, 11) is -3.74. The van der Waals surface area contributed by atoms with E-state index in [4.69, 9.17) is 5.73 Å². The molecule has 0 spiro atoms. The average Bonchev–Trinajstić information content (AvgIpc) is 2.86. The lowest BCUT2D eigenvalue weighted by Crippen LogP contribution is -2.16. The molecule has 2 heterocycles.